The summed E-state index contributed by atoms with van der Waals surface area (Å²) < 4.78 is 42.4. The summed E-state index contributed by atoms with van der Waals surface area (Å²) in [4.78, 5) is 0. The van der Waals surface area contributed by atoms with Crippen LogP contribution >= 0.6 is 0 Å². The lowest BCUT2D eigenvalue weighted by Gasteiger charge is -2.15. The molecule has 1 aromatic carbocycles. The van der Waals surface area contributed by atoms with Crippen molar-refractivity contribution in [2.24, 2.45) is 0 Å². The quantitative estimate of drug-likeness (QED) is 0.808. The molecule has 0 bridgehead atoms. The average Bonchev–Trinajstić information content (AvgIpc) is 2.28. The molecule has 17 heavy (non-hydrogen) atoms. The number of ether oxygens (including phenoxy) is 1. The zero-order valence-electron chi connectivity index (χ0n) is 9.84. The van der Waals surface area contributed by atoms with E-state index in [4.69, 9.17) is 4.74 Å². The first-order chi connectivity index (χ1) is 7.95. The van der Waals surface area contributed by atoms with Crippen LogP contribution < -0.4 is 5.32 Å². The monoisotopic (exact) mass is 247 g/mol. The molecule has 0 aromatic heterocycles. The molecule has 0 saturated carbocycles. The van der Waals surface area contributed by atoms with Crippen LogP contribution in [0.5, 0.6) is 0 Å². The third-order valence-electron chi connectivity index (χ3n) is 2.47. The molecule has 2 nitrogen and oxygen atoms in total. The van der Waals surface area contributed by atoms with Crippen molar-refractivity contribution in [1.82, 2.24) is 5.32 Å². The first-order valence-electron chi connectivity index (χ1n) is 5.34. The van der Waals surface area contributed by atoms with Gasteiger partial charge in [-0.2, -0.15) is 13.2 Å². The fourth-order valence-corrected chi connectivity index (χ4v) is 1.48. The summed E-state index contributed by atoms with van der Waals surface area (Å²) in [6, 6.07) is 5.22. The zero-order chi connectivity index (χ0) is 12.9. The van der Waals surface area contributed by atoms with E-state index < -0.39 is 11.7 Å². The van der Waals surface area contributed by atoms with Crippen LogP contribution in [-0.4, -0.2) is 20.3 Å². The van der Waals surface area contributed by atoms with Gasteiger partial charge in [0.1, 0.15) is 0 Å². The molecule has 0 amide bonds. The van der Waals surface area contributed by atoms with Gasteiger partial charge in [-0.25, -0.2) is 0 Å². The van der Waals surface area contributed by atoms with Gasteiger partial charge >= 0.3 is 6.18 Å². The van der Waals surface area contributed by atoms with E-state index in [1.165, 1.54) is 12.1 Å². The molecule has 0 unspecified atom stereocenters. The number of rotatable bonds is 5. The third kappa shape index (κ3) is 4.36. The van der Waals surface area contributed by atoms with Crippen LogP contribution in [0.2, 0.25) is 0 Å². The molecular weight excluding hydrogens is 231 g/mol. The van der Waals surface area contributed by atoms with Gasteiger partial charge in [0.2, 0.25) is 0 Å². The Kier molecular flexibility index (Phi) is 4.96. The van der Waals surface area contributed by atoms with E-state index in [9.17, 15) is 13.2 Å². The molecule has 0 aliphatic rings. The van der Waals surface area contributed by atoms with Crippen molar-refractivity contribution >= 4 is 0 Å². The number of nitrogens with one attached hydrogen (secondary N) is 1. The normalized spacial score (nSPS) is 13.7. The lowest BCUT2D eigenvalue weighted by atomic mass is 10.0. The topological polar surface area (TPSA) is 21.3 Å². The summed E-state index contributed by atoms with van der Waals surface area (Å²) in [7, 11) is 1.58. The Hall–Kier alpha value is -1.07. The van der Waals surface area contributed by atoms with Crippen molar-refractivity contribution in [3.8, 4) is 0 Å². The zero-order valence-corrected chi connectivity index (χ0v) is 9.84. The fraction of sp³-hybridized carbons (Fsp3) is 0.500. The Bertz CT molecular complexity index is 352. The van der Waals surface area contributed by atoms with Gasteiger partial charge in [-0.3, -0.25) is 0 Å². The number of methoxy groups -OCH3 is 1. The van der Waals surface area contributed by atoms with Gasteiger partial charge in [0.05, 0.1) is 12.2 Å². The molecule has 0 aliphatic carbocycles. The van der Waals surface area contributed by atoms with Crippen LogP contribution in [0, 0.1) is 0 Å². The summed E-state index contributed by atoms with van der Waals surface area (Å²) >= 11 is 0. The summed E-state index contributed by atoms with van der Waals surface area (Å²) in [5, 5.41) is 3.09. The second kappa shape index (κ2) is 6.02. The predicted octanol–water partition coefficient (Wildman–Crippen LogP) is 3.00. The van der Waals surface area contributed by atoms with Crippen molar-refractivity contribution in [2.45, 2.75) is 19.1 Å². The minimum atomic E-state index is -4.29. The second-order valence-electron chi connectivity index (χ2n) is 3.79. The molecule has 1 aromatic rings. The highest BCUT2D eigenvalue weighted by Gasteiger charge is 2.30. The van der Waals surface area contributed by atoms with E-state index in [-0.39, 0.29) is 6.04 Å². The van der Waals surface area contributed by atoms with Gasteiger partial charge in [0.15, 0.2) is 0 Å². The van der Waals surface area contributed by atoms with Gasteiger partial charge in [-0.05, 0) is 24.6 Å². The van der Waals surface area contributed by atoms with Crippen LogP contribution in [0.1, 0.15) is 24.1 Å². The summed E-state index contributed by atoms with van der Waals surface area (Å²) in [6.07, 6.45) is -4.29. The van der Waals surface area contributed by atoms with Crippen LogP contribution in [0.25, 0.3) is 0 Å². The fourth-order valence-electron chi connectivity index (χ4n) is 1.48. The van der Waals surface area contributed by atoms with Crippen molar-refractivity contribution < 1.29 is 17.9 Å². The van der Waals surface area contributed by atoms with Gasteiger partial charge in [0, 0.05) is 19.7 Å². The Morgan fingerprint density at radius 3 is 2.65 bits per heavy atom. The standard InChI is InChI=1S/C12H16F3NO/c1-9(16-6-7-17-2)10-4-3-5-11(8-10)12(13,14)15/h3-5,8-9,16H,6-7H2,1-2H3/t9-/m1/s1. The van der Waals surface area contributed by atoms with E-state index in [0.717, 1.165) is 6.07 Å². The van der Waals surface area contributed by atoms with E-state index in [1.54, 1.807) is 13.2 Å². The van der Waals surface area contributed by atoms with Crippen molar-refractivity contribution in [1.29, 1.82) is 0 Å². The first kappa shape index (κ1) is 14.0. The predicted molar refractivity (Wildman–Crippen MR) is 59.7 cm³/mol. The Labute approximate surface area is 98.8 Å². The van der Waals surface area contributed by atoms with Crippen LogP contribution in [0.3, 0.4) is 0 Å². The number of benzene rings is 1. The van der Waals surface area contributed by atoms with Crippen molar-refractivity contribution in [3.63, 3.8) is 0 Å². The van der Waals surface area contributed by atoms with E-state index >= 15 is 0 Å². The van der Waals surface area contributed by atoms with Crippen molar-refractivity contribution in [2.75, 3.05) is 20.3 Å². The lowest BCUT2D eigenvalue weighted by Crippen LogP contribution is -2.23. The molecule has 1 rings (SSSR count). The highest BCUT2D eigenvalue weighted by Crippen LogP contribution is 2.30. The molecule has 0 fully saturated rings. The van der Waals surface area contributed by atoms with Crippen LogP contribution in [0.15, 0.2) is 24.3 Å². The maximum atomic E-state index is 12.5. The Morgan fingerprint density at radius 1 is 1.35 bits per heavy atom. The third-order valence-corrected chi connectivity index (χ3v) is 2.47. The minimum Gasteiger partial charge on any atom is -0.383 e. The summed E-state index contributed by atoms with van der Waals surface area (Å²) in [5.41, 5.74) is 0.00585. The van der Waals surface area contributed by atoms with Crippen LogP contribution in [0.4, 0.5) is 13.2 Å². The van der Waals surface area contributed by atoms with E-state index in [2.05, 4.69) is 5.32 Å². The lowest BCUT2D eigenvalue weighted by molar-refractivity contribution is -0.137. The second-order valence-corrected chi connectivity index (χ2v) is 3.79. The van der Waals surface area contributed by atoms with Crippen molar-refractivity contribution in [3.05, 3.63) is 35.4 Å². The van der Waals surface area contributed by atoms with Gasteiger partial charge in [0.25, 0.3) is 0 Å². The molecular formula is C12H16F3NO. The molecule has 96 valence electrons. The molecule has 0 heterocycles. The van der Waals surface area contributed by atoms with E-state index in [1.807, 2.05) is 6.92 Å². The minimum absolute atomic E-state index is 0.132. The maximum Gasteiger partial charge on any atom is 0.416 e. The smallest absolute Gasteiger partial charge is 0.383 e. The van der Waals surface area contributed by atoms with E-state index in [0.29, 0.717) is 18.7 Å². The molecule has 0 radical (unpaired) electrons. The maximum absolute atomic E-state index is 12.5. The van der Waals surface area contributed by atoms with Crippen LogP contribution in [-0.2, 0) is 10.9 Å². The van der Waals surface area contributed by atoms with Gasteiger partial charge in [-0.15, -0.1) is 0 Å². The molecule has 1 atom stereocenters. The summed E-state index contributed by atoms with van der Waals surface area (Å²) in [6.45, 7) is 2.96. The largest absolute Gasteiger partial charge is 0.416 e. The average molecular weight is 247 g/mol. The van der Waals surface area contributed by atoms with Gasteiger partial charge in [-0.1, -0.05) is 12.1 Å². The molecule has 5 heteroatoms. The highest BCUT2D eigenvalue weighted by atomic mass is 19.4. The summed E-state index contributed by atoms with van der Waals surface area (Å²) in [5.74, 6) is 0. The SMILES string of the molecule is COCCN[C@H](C)c1cccc(C(F)(F)F)c1. The number of hydrogen-bond acceptors (Lipinski definition) is 2. The molecule has 1 N–H and O–H groups in total. The first-order valence-corrected chi connectivity index (χ1v) is 5.34. The Morgan fingerprint density at radius 2 is 2.06 bits per heavy atom. The molecule has 0 spiro atoms. The molecule has 0 saturated heterocycles. The number of halogens is 3. The van der Waals surface area contributed by atoms with Gasteiger partial charge < -0.3 is 10.1 Å². The number of alkyl halides is 3. The highest BCUT2D eigenvalue weighted by molar-refractivity contribution is 5.27. The molecule has 0 aliphatic heterocycles. The number of hydrogen-bond donors (Lipinski definition) is 1. The Balaban J connectivity index is 2.71.